The highest BCUT2D eigenvalue weighted by atomic mass is 32.2. The maximum atomic E-state index is 14.1. The molecule has 2 aliphatic rings. The van der Waals surface area contributed by atoms with Crippen LogP contribution >= 0.6 is 0 Å². The van der Waals surface area contributed by atoms with Crippen LogP contribution in [0.3, 0.4) is 0 Å². The molecule has 0 saturated heterocycles. The number of sulfonamides is 1. The van der Waals surface area contributed by atoms with Crippen LogP contribution in [0.25, 0.3) is 0 Å². The standard InChI is InChI=1S/C27H35F3N4O7S/c1-5-33-15-22(25(32-33)39-6-2)42(37,38)34-14-18(13-19(24(31)36)17-8-9-17)40-21-10-7-16(11-20(21)34)12-23(35)41-26(3,4)27(28,29)30/h7,10-11,15,17-19H,5-6,8-9,12-14H2,1-4H3,(H2,31,36)/t18-,19+/m0/s1. The van der Waals surface area contributed by atoms with Crippen molar-refractivity contribution in [2.45, 2.75) is 82.7 Å². The minimum absolute atomic E-state index is 0.0698. The summed E-state index contributed by atoms with van der Waals surface area (Å²) in [6, 6.07) is 4.25. The van der Waals surface area contributed by atoms with Crippen molar-refractivity contribution in [2.24, 2.45) is 17.6 Å². The number of nitrogens with zero attached hydrogens (tertiary/aromatic N) is 3. The Kier molecular flexibility index (Phi) is 8.72. The summed E-state index contributed by atoms with van der Waals surface area (Å²) in [5.74, 6) is -1.95. The average molecular weight is 617 g/mol. The van der Waals surface area contributed by atoms with E-state index in [4.69, 9.17) is 15.2 Å². The Morgan fingerprint density at radius 2 is 1.90 bits per heavy atom. The van der Waals surface area contributed by atoms with Gasteiger partial charge >= 0.3 is 12.1 Å². The summed E-state index contributed by atoms with van der Waals surface area (Å²) in [7, 11) is -4.34. The molecule has 1 saturated carbocycles. The van der Waals surface area contributed by atoms with Gasteiger partial charge in [-0.1, -0.05) is 6.07 Å². The number of aromatic nitrogens is 2. The lowest BCUT2D eigenvalue weighted by molar-refractivity contribution is -0.257. The molecule has 2 N–H and O–H groups in total. The van der Waals surface area contributed by atoms with Crippen molar-refractivity contribution in [3.8, 4) is 11.6 Å². The van der Waals surface area contributed by atoms with Crippen LogP contribution in [0.5, 0.6) is 11.6 Å². The molecule has 232 valence electrons. The Labute approximate surface area is 242 Å². The molecule has 1 aromatic heterocycles. The first kappa shape index (κ1) is 31.4. The third-order valence-corrected chi connectivity index (χ3v) is 9.06. The van der Waals surface area contributed by atoms with E-state index in [2.05, 4.69) is 9.84 Å². The molecule has 1 aliphatic carbocycles. The lowest BCUT2D eigenvalue weighted by Crippen LogP contribution is -2.45. The Bertz CT molecular complexity index is 1440. The first-order chi connectivity index (χ1) is 19.6. The topological polar surface area (TPSA) is 143 Å². The number of esters is 1. The zero-order valence-corrected chi connectivity index (χ0v) is 24.6. The quantitative estimate of drug-likeness (QED) is 0.357. The number of aryl methyl sites for hydroxylation is 1. The Hall–Kier alpha value is -3.49. The van der Waals surface area contributed by atoms with Gasteiger partial charge in [-0.25, -0.2) is 8.42 Å². The Morgan fingerprint density at radius 3 is 2.48 bits per heavy atom. The molecule has 0 radical (unpaired) electrons. The summed E-state index contributed by atoms with van der Waals surface area (Å²) in [5, 5.41) is 4.21. The molecule has 1 fully saturated rings. The molecule has 1 aromatic carbocycles. The van der Waals surface area contributed by atoms with E-state index in [9.17, 15) is 31.2 Å². The monoisotopic (exact) mass is 616 g/mol. The molecular formula is C27H35F3N4O7S. The van der Waals surface area contributed by atoms with Crippen molar-refractivity contribution in [3.05, 3.63) is 30.0 Å². The van der Waals surface area contributed by atoms with Gasteiger partial charge in [0.2, 0.25) is 11.5 Å². The highest BCUT2D eigenvalue weighted by Gasteiger charge is 2.51. The SMILES string of the molecule is CCOc1nn(CC)cc1S(=O)(=O)N1C[C@H](C[C@@H](C(N)=O)C2CC2)Oc2ccc(CC(=O)OC(C)(C)C(F)(F)F)cc21. The molecule has 11 nitrogen and oxygen atoms in total. The number of anilines is 1. The van der Waals surface area contributed by atoms with Crippen molar-refractivity contribution in [1.29, 1.82) is 0 Å². The van der Waals surface area contributed by atoms with Crippen LogP contribution in [-0.2, 0) is 37.3 Å². The number of primary amides is 1. The Morgan fingerprint density at radius 1 is 1.21 bits per heavy atom. The number of carbonyl (C=O) groups excluding carboxylic acids is 2. The predicted molar refractivity (Wildman–Crippen MR) is 144 cm³/mol. The van der Waals surface area contributed by atoms with Crippen LogP contribution in [-0.4, -0.2) is 61.1 Å². The zero-order valence-electron chi connectivity index (χ0n) is 23.8. The van der Waals surface area contributed by atoms with Gasteiger partial charge in [0.1, 0.15) is 11.9 Å². The van der Waals surface area contributed by atoms with E-state index in [1.54, 1.807) is 13.8 Å². The minimum Gasteiger partial charge on any atom is -0.486 e. The van der Waals surface area contributed by atoms with Gasteiger partial charge in [0.15, 0.2) is 4.90 Å². The zero-order chi connectivity index (χ0) is 31.0. The maximum absolute atomic E-state index is 14.1. The molecule has 15 heteroatoms. The van der Waals surface area contributed by atoms with Crippen molar-refractivity contribution in [3.63, 3.8) is 0 Å². The smallest absolute Gasteiger partial charge is 0.427 e. The molecule has 2 heterocycles. The molecule has 42 heavy (non-hydrogen) atoms. The molecule has 0 bridgehead atoms. The van der Waals surface area contributed by atoms with Gasteiger partial charge in [-0.05, 0) is 70.6 Å². The van der Waals surface area contributed by atoms with Crippen molar-refractivity contribution in [2.75, 3.05) is 17.5 Å². The van der Waals surface area contributed by atoms with Crippen molar-refractivity contribution in [1.82, 2.24) is 9.78 Å². The predicted octanol–water partition coefficient (Wildman–Crippen LogP) is 3.59. The third-order valence-electron chi connectivity index (χ3n) is 7.30. The number of fused-ring (bicyclic) bond motifs is 1. The second kappa shape index (κ2) is 11.7. The highest BCUT2D eigenvalue weighted by Crippen LogP contribution is 2.43. The van der Waals surface area contributed by atoms with Gasteiger partial charge in [-0.3, -0.25) is 18.6 Å². The summed E-state index contributed by atoms with van der Waals surface area (Å²) >= 11 is 0. The summed E-state index contributed by atoms with van der Waals surface area (Å²) in [5.41, 5.74) is 3.21. The fourth-order valence-electron chi connectivity index (χ4n) is 4.77. The largest absolute Gasteiger partial charge is 0.486 e. The maximum Gasteiger partial charge on any atom is 0.427 e. The molecule has 0 spiro atoms. The van der Waals surface area contributed by atoms with Crippen LogP contribution in [0.4, 0.5) is 18.9 Å². The number of rotatable bonds is 12. The first-order valence-corrected chi connectivity index (χ1v) is 15.1. The molecule has 2 atom stereocenters. The fraction of sp³-hybridized carbons (Fsp3) is 0.593. The van der Waals surface area contributed by atoms with E-state index in [1.807, 2.05) is 0 Å². The normalized spacial score (nSPS) is 18.2. The minimum atomic E-state index is -4.78. The molecular weight excluding hydrogens is 581 g/mol. The fourth-order valence-corrected chi connectivity index (χ4v) is 6.34. The molecule has 1 amide bonds. The van der Waals surface area contributed by atoms with E-state index in [0.29, 0.717) is 6.54 Å². The van der Waals surface area contributed by atoms with Crippen LogP contribution in [0, 0.1) is 11.8 Å². The van der Waals surface area contributed by atoms with Crippen LogP contribution in [0.15, 0.2) is 29.3 Å². The van der Waals surface area contributed by atoms with Crippen molar-refractivity contribution < 1.29 is 45.4 Å². The van der Waals surface area contributed by atoms with Gasteiger partial charge < -0.3 is 19.9 Å². The molecule has 2 aromatic rings. The van der Waals surface area contributed by atoms with Crippen LogP contribution in [0.2, 0.25) is 0 Å². The number of carbonyl (C=O) groups is 2. The molecule has 4 rings (SSSR count). The summed E-state index contributed by atoms with van der Waals surface area (Å²) in [6.07, 6.45) is -2.83. The van der Waals surface area contributed by atoms with Crippen LogP contribution < -0.4 is 19.5 Å². The molecule has 0 unspecified atom stereocenters. The Balaban J connectivity index is 1.71. The number of benzene rings is 1. The highest BCUT2D eigenvalue weighted by molar-refractivity contribution is 7.93. The number of hydrogen-bond acceptors (Lipinski definition) is 8. The summed E-state index contributed by atoms with van der Waals surface area (Å²) in [6.45, 7) is 5.31. The van der Waals surface area contributed by atoms with E-state index < -0.39 is 52.1 Å². The van der Waals surface area contributed by atoms with Gasteiger partial charge in [0.05, 0.1) is 25.3 Å². The van der Waals surface area contributed by atoms with E-state index >= 15 is 0 Å². The third kappa shape index (κ3) is 6.60. The van der Waals surface area contributed by atoms with Gasteiger partial charge in [-0.15, -0.1) is 5.10 Å². The number of nitrogens with two attached hydrogens (primary N) is 1. The first-order valence-electron chi connectivity index (χ1n) is 13.7. The lowest BCUT2D eigenvalue weighted by Gasteiger charge is -2.36. The van der Waals surface area contributed by atoms with E-state index in [-0.39, 0.29) is 53.3 Å². The van der Waals surface area contributed by atoms with E-state index in [1.165, 1.54) is 29.1 Å². The van der Waals surface area contributed by atoms with Crippen molar-refractivity contribution >= 4 is 27.6 Å². The average Bonchev–Trinajstić information content (AvgIpc) is 3.64. The van der Waals surface area contributed by atoms with Gasteiger partial charge in [-0.2, -0.15) is 13.2 Å². The van der Waals surface area contributed by atoms with E-state index in [0.717, 1.165) is 31.0 Å². The number of alkyl halides is 3. The number of ether oxygens (including phenoxy) is 3. The summed E-state index contributed by atoms with van der Waals surface area (Å²) in [4.78, 5) is 24.4. The second-order valence-electron chi connectivity index (χ2n) is 10.9. The van der Waals surface area contributed by atoms with Gasteiger partial charge in [0.25, 0.3) is 15.9 Å². The number of hydrogen-bond donors (Lipinski definition) is 1. The number of amides is 1. The number of halogens is 3. The van der Waals surface area contributed by atoms with Gasteiger partial charge in [0, 0.05) is 18.7 Å². The second-order valence-corrected chi connectivity index (χ2v) is 12.7. The lowest BCUT2D eigenvalue weighted by atomic mass is 9.95. The molecule has 1 aliphatic heterocycles. The summed E-state index contributed by atoms with van der Waals surface area (Å²) < 4.78 is 86.8. The van der Waals surface area contributed by atoms with Crippen LogP contribution in [0.1, 0.15) is 52.5 Å².